The molecule has 4 heteroatoms. The van der Waals surface area contributed by atoms with Crippen molar-refractivity contribution in [1.29, 1.82) is 0 Å². The molecule has 0 radical (unpaired) electrons. The van der Waals surface area contributed by atoms with Crippen molar-refractivity contribution in [2.75, 3.05) is 0 Å². The molecule has 1 aromatic carbocycles. The van der Waals surface area contributed by atoms with Gasteiger partial charge in [0.05, 0.1) is 11.6 Å². The molecule has 1 atom stereocenters. The minimum atomic E-state index is -0.946. The molecule has 0 saturated heterocycles. The van der Waals surface area contributed by atoms with E-state index in [2.05, 4.69) is 5.32 Å². The van der Waals surface area contributed by atoms with Crippen LogP contribution < -0.4 is 5.32 Å². The third-order valence-electron chi connectivity index (χ3n) is 2.63. The van der Waals surface area contributed by atoms with Gasteiger partial charge in [0.1, 0.15) is 0 Å². The van der Waals surface area contributed by atoms with Crippen LogP contribution in [0.2, 0.25) is 0 Å². The topological polar surface area (TPSA) is 66.4 Å². The van der Waals surface area contributed by atoms with E-state index in [4.69, 9.17) is 5.11 Å². The van der Waals surface area contributed by atoms with E-state index in [9.17, 15) is 9.59 Å². The van der Waals surface area contributed by atoms with E-state index in [1.165, 1.54) is 0 Å². The monoisotopic (exact) mass is 249 g/mol. The van der Waals surface area contributed by atoms with E-state index in [-0.39, 0.29) is 17.5 Å². The molecule has 2 N–H and O–H groups in total. The largest absolute Gasteiger partial charge is 0.478 e. The fraction of sp³-hybridized carbons (Fsp3) is 0.429. The van der Waals surface area contributed by atoms with E-state index in [1.54, 1.807) is 24.3 Å². The fourth-order valence-corrected chi connectivity index (χ4v) is 1.67. The normalized spacial score (nSPS) is 12.2. The van der Waals surface area contributed by atoms with Crippen molar-refractivity contribution >= 4 is 11.9 Å². The second-order valence-corrected chi connectivity index (χ2v) is 4.81. The Morgan fingerprint density at radius 2 is 1.72 bits per heavy atom. The number of hydrogen-bond donors (Lipinski definition) is 2. The third kappa shape index (κ3) is 4.20. The molecule has 0 aliphatic carbocycles. The maximum atomic E-state index is 11.6. The van der Waals surface area contributed by atoms with Crippen LogP contribution in [0.1, 0.15) is 49.2 Å². The summed E-state index contributed by atoms with van der Waals surface area (Å²) in [6.07, 6.45) is 0.498. The second-order valence-electron chi connectivity index (χ2n) is 4.81. The lowest BCUT2D eigenvalue weighted by molar-refractivity contribution is -0.122. The van der Waals surface area contributed by atoms with Gasteiger partial charge in [-0.15, -0.1) is 0 Å². The summed E-state index contributed by atoms with van der Waals surface area (Å²) < 4.78 is 0. The Morgan fingerprint density at radius 1 is 1.17 bits per heavy atom. The highest BCUT2D eigenvalue weighted by Gasteiger charge is 2.11. The summed E-state index contributed by atoms with van der Waals surface area (Å²) in [4.78, 5) is 22.3. The molecule has 0 heterocycles. The Morgan fingerprint density at radius 3 is 2.17 bits per heavy atom. The molecule has 0 aliphatic heterocycles. The molecule has 0 spiro atoms. The van der Waals surface area contributed by atoms with Crippen molar-refractivity contribution in [3.63, 3.8) is 0 Å². The maximum Gasteiger partial charge on any atom is 0.335 e. The smallest absolute Gasteiger partial charge is 0.335 e. The van der Waals surface area contributed by atoms with E-state index >= 15 is 0 Å². The zero-order chi connectivity index (χ0) is 13.7. The van der Waals surface area contributed by atoms with Crippen LogP contribution in [0, 0.1) is 5.92 Å². The van der Waals surface area contributed by atoms with Gasteiger partial charge in [-0.25, -0.2) is 4.79 Å². The molecule has 0 unspecified atom stereocenters. The molecule has 1 aromatic rings. The summed E-state index contributed by atoms with van der Waals surface area (Å²) in [6, 6.07) is 6.43. The van der Waals surface area contributed by atoms with Crippen molar-refractivity contribution in [3.05, 3.63) is 35.4 Å². The molecule has 0 aliphatic rings. The van der Waals surface area contributed by atoms with Crippen LogP contribution in [0.4, 0.5) is 0 Å². The van der Waals surface area contributed by atoms with Gasteiger partial charge >= 0.3 is 5.97 Å². The predicted molar refractivity (Wildman–Crippen MR) is 69.4 cm³/mol. The van der Waals surface area contributed by atoms with Gasteiger partial charge in [0.2, 0.25) is 5.91 Å². The zero-order valence-electron chi connectivity index (χ0n) is 10.9. The SMILES string of the molecule is CC(C)CC(=O)N[C@@H](C)c1ccc(C(=O)O)cc1. The first kappa shape index (κ1) is 14.2. The number of benzene rings is 1. The summed E-state index contributed by atoms with van der Waals surface area (Å²) in [7, 11) is 0. The predicted octanol–water partition coefficient (Wildman–Crippen LogP) is 2.61. The fourth-order valence-electron chi connectivity index (χ4n) is 1.67. The van der Waals surface area contributed by atoms with Crippen molar-refractivity contribution in [1.82, 2.24) is 5.32 Å². The van der Waals surface area contributed by atoms with Crippen LogP contribution in [0.15, 0.2) is 24.3 Å². The molecule has 1 amide bonds. The van der Waals surface area contributed by atoms with Gasteiger partial charge in [0, 0.05) is 6.42 Å². The first-order valence-electron chi connectivity index (χ1n) is 6.02. The Balaban J connectivity index is 2.64. The summed E-state index contributed by atoms with van der Waals surface area (Å²) in [5.74, 6) is -0.607. The van der Waals surface area contributed by atoms with Crippen molar-refractivity contribution in [2.24, 2.45) is 5.92 Å². The lowest BCUT2D eigenvalue weighted by Crippen LogP contribution is -2.27. The lowest BCUT2D eigenvalue weighted by Gasteiger charge is -2.15. The molecule has 0 bridgehead atoms. The molecule has 4 nitrogen and oxygen atoms in total. The van der Waals surface area contributed by atoms with Crippen molar-refractivity contribution < 1.29 is 14.7 Å². The second kappa shape index (κ2) is 6.19. The molecular weight excluding hydrogens is 230 g/mol. The van der Waals surface area contributed by atoms with E-state index in [0.717, 1.165) is 5.56 Å². The van der Waals surface area contributed by atoms with E-state index in [0.29, 0.717) is 12.3 Å². The molecule has 18 heavy (non-hydrogen) atoms. The summed E-state index contributed by atoms with van der Waals surface area (Å²) >= 11 is 0. The van der Waals surface area contributed by atoms with Crippen LogP contribution in [0.25, 0.3) is 0 Å². The molecule has 0 saturated carbocycles. The average molecular weight is 249 g/mol. The summed E-state index contributed by atoms with van der Waals surface area (Å²) in [5.41, 5.74) is 1.15. The van der Waals surface area contributed by atoms with Crippen molar-refractivity contribution in [3.8, 4) is 0 Å². The average Bonchev–Trinajstić information content (AvgIpc) is 2.27. The molecule has 1 rings (SSSR count). The minimum absolute atomic E-state index is 0.0137. The van der Waals surface area contributed by atoms with Gasteiger partial charge in [0.15, 0.2) is 0 Å². The van der Waals surface area contributed by atoms with Crippen LogP contribution in [-0.2, 0) is 4.79 Å². The zero-order valence-corrected chi connectivity index (χ0v) is 10.9. The van der Waals surface area contributed by atoms with Gasteiger partial charge < -0.3 is 10.4 Å². The number of carboxylic acids is 1. The Bertz CT molecular complexity index is 423. The Kier molecular flexibility index (Phi) is 4.89. The third-order valence-corrected chi connectivity index (χ3v) is 2.63. The number of nitrogens with one attached hydrogen (secondary N) is 1. The number of carbonyl (C=O) groups excluding carboxylic acids is 1. The number of hydrogen-bond acceptors (Lipinski definition) is 2. The number of carboxylic acid groups (broad SMARTS) is 1. The number of rotatable bonds is 5. The van der Waals surface area contributed by atoms with Crippen LogP contribution >= 0.6 is 0 Å². The highest BCUT2D eigenvalue weighted by Crippen LogP contribution is 2.14. The number of aromatic carboxylic acids is 1. The highest BCUT2D eigenvalue weighted by molar-refractivity contribution is 5.87. The molecule has 0 fully saturated rings. The quantitative estimate of drug-likeness (QED) is 0.843. The van der Waals surface area contributed by atoms with E-state index < -0.39 is 5.97 Å². The number of carbonyl (C=O) groups is 2. The number of amides is 1. The maximum absolute atomic E-state index is 11.6. The van der Waals surface area contributed by atoms with Crippen LogP contribution in [0.3, 0.4) is 0 Å². The Labute approximate surface area is 107 Å². The Hall–Kier alpha value is -1.84. The molecule has 98 valence electrons. The molecular formula is C14H19NO3. The van der Waals surface area contributed by atoms with Crippen LogP contribution in [-0.4, -0.2) is 17.0 Å². The lowest BCUT2D eigenvalue weighted by atomic mass is 10.1. The van der Waals surface area contributed by atoms with Gasteiger partial charge in [0.25, 0.3) is 0 Å². The van der Waals surface area contributed by atoms with Crippen LogP contribution in [0.5, 0.6) is 0 Å². The van der Waals surface area contributed by atoms with Crippen molar-refractivity contribution in [2.45, 2.75) is 33.2 Å². The van der Waals surface area contributed by atoms with Gasteiger partial charge in [-0.2, -0.15) is 0 Å². The first-order chi connectivity index (χ1) is 8.40. The summed E-state index contributed by atoms with van der Waals surface area (Å²) in [5, 5.41) is 11.7. The summed E-state index contributed by atoms with van der Waals surface area (Å²) in [6.45, 7) is 5.87. The standard InChI is InChI=1S/C14H19NO3/c1-9(2)8-13(16)15-10(3)11-4-6-12(7-5-11)14(17)18/h4-7,9-10H,8H2,1-3H3,(H,15,16)(H,17,18)/t10-/m0/s1. The van der Waals surface area contributed by atoms with Gasteiger partial charge in [-0.3, -0.25) is 4.79 Å². The van der Waals surface area contributed by atoms with Gasteiger partial charge in [-0.1, -0.05) is 26.0 Å². The highest BCUT2D eigenvalue weighted by atomic mass is 16.4. The van der Waals surface area contributed by atoms with Gasteiger partial charge in [-0.05, 0) is 30.5 Å². The first-order valence-corrected chi connectivity index (χ1v) is 6.02. The van der Waals surface area contributed by atoms with E-state index in [1.807, 2.05) is 20.8 Å². The minimum Gasteiger partial charge on any atom is -0.478 e. The molecule has 0 aromatic heterocycles.